The first-order chi connectivity index (χ1) is 9.40. The average Bonchev–Trinajstić information content (AvgIpc) is 2.62. The van der Waals surface area contributed by atoms with Crippen molar-refractivity contribution in [1.82, 2.24) is 15.3 Å². The molecular formula is C11H14F3N5O. The highest BCUT2D eigenvalue weighted by molar-refractivity contribution is 5.81. The number of anilines is 2. The van der Waals surface area contributed by atoms with Gasteiger partial charge in [0.15, 0.2) is 5.69 Å². The first-order valence-corrected chi connectivity index (χ1v) is 6.06. The predicted octanol–water partition coefficient (Wildman–Crippen LogP) is 0.863. The molecule has 0 atom stereocenters. The van der Waals surface area contributed by atoms with Crippen LogP contribution < -0.4 is 15.5 Å². The van der Waals surface area contributed by atoms with Crippen LogP contribution in [0.1, 0.15) is 12.1 Å². The van der Waals surface area contributed by atoms with Gasteiger partial charge in [-0.25, -0.2) is 4.98 Å². The molecule has 1 saturated heterocycles. The molecule has 6 nitrogen and oxygen atoms in total. The van der Waals surface area contributed by atoms with Crippen molar-refractivity contribution < 1.29 is 18.0 Å². The van der Waals surface area contributed by atoms with Gasteiger partial charge in [-0.05, 0) is 6.42 Å². The third-order valence-electron chi connectivity index (χ3n) is 2.81. The van der Waals surface area contributed by atoms with Crippen molar-refractivity contribution in [2.75, 3.05) is 36.9 Å². The van der Waals surface area contributed by atoms with Gasteiger partial charge in [0.2, 0.25) is 11.9 Å². The molecule has 9 heteroatoms. The number of carbonyl (C=O) groups is 1. The molecule has 0 unspecified atom stereocenters. The van der Waals surface area contributed by atoms with Crippen molar-refractivity contribution in [3.8, 4) is 0 Å². The second-order valence-electron chi connectivity index (χ2n) is 4.31. The Bertz CT molecular complexity index is 505. The van der Waals surface area contributed by atoms with Crippen LogP contribution in [0.5, 0.6) is 0 Å². The molecule has 0 aromatic carbocycles. The van der Waals surface area contributed by atoms with E-state index in [0.29, 0.717) is 19.5 Å². The number of aromatic nitrogens is 2. The number of rotatable bonds is 2. The topological polar surface area (TPSA) is 70.2 Å². The Balaban J connectivity index is 2.36. The van der Waals surface area contributed by atoms with E-state index in [4.69, 9.17) is 0 Å². The molecule has 0 radical (unpaired) electrons. The summed E-state index contributed by atoms with van der Waals surface area (Å²) in [5.41, 5.74) is -1.03. The van der Waals surface area contributed by atoms with Crippen LogP contribution in [0.2, 0.25) is 0 Å². The molecule has 1 aliphatic rings. The molecule has 20 heavy (non-hydrogen) atoms. The van der Waals surface area contributed by atoms with E-state index in [-0.39, 0.29) is 24.2 Å². The molecule has 1 fully saturated rings. The van der Waals surface area contributed by atoms with Gasteiger partial charge in [-0.2, -0.15) is 18.2 Å². The maximum atomic E-state index is 12.8. The Hall–Kier alpha value is -2.06. The molecule has 1 amide bonds. The fraction of sp³-hybridized carbons (Fsp3) is 0.545. The monoisotopic (exact) mass is 289 g/mol. The van der Waals surface area contributed by atoms with Gasteiger partial charge in [0.1, 0.15) is 5.82 Å². The average molecular weight is 289 g/mol. The third-order valence-corrected chi connectivity index (χ3v) is 2.81. The van der Waals surface area contributed by atoms with E-state index in [1.807, 2.05) is 0 Å². The highest BCUT2D eigenvalue weighted by Crippen LogP contribution is 2.30. The number of amides is 1. The summed E-state index contributed by atoms with van der Waals surface area (Å²) in [5, 5.41) is 5.15. The maximum absolute atomic E-state index is 12.8. The van der Waals surface area contributed by atoms with E-state index in [1.165, 1.54) is 11.9 Å². The lowest BCUT2D eigenvalue weighted by Gasteiger charge is -2.21. The Kier molecular flexibility index (Phi) is 3.96. The lowest BCUT2D eigenvalue weighted by atomic mass is 10.3. The molecule has 0 bridgehead atoms. The number of carbonyl (C=O) groups excluding carboxylic acids is 1. The zero-order chi connectivity index (χ0) is 14.8. The van der Waals surface area contributed by atoms with Gasteiger partial charge in [-0.1, -0.05) is 0 Å². The minimum atomic E-state index is -4.56. The first kappa shape index (κ1) is 14.4. The van der Waals surface area contributed by atoms with Gasteiger partial charge >= 0.3 is 6.18 Å². The van der Waals surface area contributed by atoms with Crippen LogP contribution in [-0.4, -0.2) is 42.6 Å². The second kappa shape index (κ2) is 5.51. The standard InChI is InChI=1S/C11H14F3N5O/c1-15-10-17-7(11(12,13)14)5-8(18-10)19-4-2-3-16-9(20)6-19/h5H,2-4,6H2,1H3,(H,16,20)(H,15,17,18). The molecular weight excluding hydrogens is 275 g/mol. The molecule has 0 aliphatic carbocycles. The molecule has 2 heterocycles. The number of hydrogen-bond acceptors (Lipinski definition) is 5. The molecule has 2 N–H and O–H groups in total. The first-order valence-electron chi connectivity index (χ1n) is 6.06. The van der Waals surface area contributed by atoms with E-state index in [1.54, 1.807) is 0 Å². The molecule has 2 rings (SSSR count). The highest BCUT2D eigenvalue weighted by Gasteiger charge is 2.34. The van der Waals surface area contributed by atoms with E-state index in [0.717, 1.165) is 6.07 Å². The van der Waals surface area contributed by atoms with Crippen LogP contribution >= 0.6 is 0 Å². The zero-order valence-corrected chi connectivity index (χ0v) is 10.8. The van der Waals surface area contributed by atoms with Gasteiger partial charge in [-0.15, -0.1) is 0 Å². The number of alkyl halides is 3. The van der Waals surface area contributed by atoms with Gasteiger partial charge in [0.25, 0.3) is 0 Å². The molecule has 0 saturated carbocycles. The van der Waals surface area contributed by atoms with Gasteiger partial charge in [0, 0.05) is 26.2 Å². The quantitative estimate of drug-likeness (QED) is 0.845. The smallest absolute Gasteiger partial charge is 0.357 e. The zero-order valence-electron chi connectivity index (χ0n) is 10.8. The summed E-state index contributed by atoms with van der Waals surface area (Å²) in [5.74, 6) is -0.270. The number of hydrogen-bond donors (Lipinski definition) is 2. The molecule has 0 spiro atoms. The van der Waals surface area contributed by atoms with Crippen molar-refractivity contribution >= 4 is 17.7 Å². The minimum absolute atomic E-state index is 0.0164. The van der Waals surface area contributed by atoms with Crippen LogP contribution in [0.15, 0.2) is 6.07 Å². The lowest BCUT2D eigenvalue weighted by molar-refractivity contribution is -0.141. The minimum Gasteiger partial charge on any atom is -0.357 e. The SMILES string of the molecule is CNc1nc(N2CCCNC(=O)C2)cc(C(F)(F)F)n1. The third kappa shape index (κ3) is 3.28. The Labute approximate surface area is 113 Å². The summed E-state index contributed by atoms with van der Waals surface area (Å²) in [4.78, 5) is 20.4. The Morgan fingerprint density at radius 2 is 2.15 bits per heavy atom. The van der Waals surface area contributed by atoms with E-state index in [9.17, 15) is 18.0 Å². The normalized spacial score (nSPS) is 16.6. The van der Waals surface area contributed by atoms with Gasteiger partial charge in [0.05, 0.1) is 6.54 Å². The summed E-state index contributed by atoms with van der Waals surface area (Å²) in [6.07, 6.45) is -3.91. The Morgan fingerprint density at radius 3 is 2.80 bits per heavy atom. The van der Waals surface area contributed by atoms with Crippen LogP contribution in [0.25, 0.3) is 0 Å². The van der Waals surface area contributed by atoms with Gasteiger partial charge in [-0.3, -0.25) is 4.79 Å². The largest absolute Gasteiger partial charge is 0.433 e. The van der Waals surface area contributed by atoms with Crippen LogP contribution in [0, 0.1) is 0 Å². The van der Waals surface area contributed by atoms with Crippen LogP contribution in [-0.2, 0) is 11.0 Å². The van der Waals surface area contributed by atoms with Crippen molar-refractivity contribution in [2.45, 2.75) is 12.6 Å². The Morgan fingerprint density at radius 1 is 1.40 bits per heavy atom. The fourth-order valence-electron chi connectivity index (χ4n) is 1.86. The van der Waals surface area contributed by atoms with Gasteiger partial charge < -0.3 is 15.5 Å². The van der Waals surface area contributed by atoms with Crippen molar-refractivity contribution in [1.29, 1.82) is 0 Å². The fourth-order valence-corrected chi connectivity index (χ4v) is 1.86. The maximum Gasteiger partial charge on any atom is 0.433 e. The summed E-state index contributed by atoms with van der Waals surface area (Å²) in [6, 6.07) is 0.861. The van der Waals surface area contributed by atoms with E-state index in [2.05, 4.69) is 20.6 Å². The molecule has 1 aromatic rings. The van der Waals surface area contributed by atoms with Crippen molar-refractivity contribution in [3.05, 3.63) is 11.8 Å². The molecule has 1 aromatic heterocycles. The summed E-state index contributed by atoms with van der Waals surface area (Å²) in [6.45, 7) is 0.944. The molecule has 110 valence electrons. The second-order valence-corrected chi connectivity index (χ2v) is 4.31. The summed E-state index contributed by atoms with van der Waals surface area (Å²) >= 11 is 0. The number of nitrogens with one attached hydrogen (secondary N) is 2. The van der Waals surface area contributed by atoms with Crippen molar-refractivity contribution in [3.63, 3.8) is 0 Å². The molecule has 1 aliphatic heterocycles. The highest BCUT2D eigenvalue weighted by atomic mass is 19.4. The summed E-state index contributed by atoms with van der Waals surface area (Å²) in [7, 11) is 1.44. The number of nitrogens with zero attached hydrogens (tertiary/aromatic N) is 3. The van der Waals surface area contributed by atoms with E-state index >= 15 is 0 Å². The van der Waals surface area contributed by atoms with E-state index < -0.39 is 11.9 Å². The van der Waals surface area contributed by atoms with Crippen LogP contribution in [0.4, 0.5) is 24.9 Å². The number of halogens is 3. The van der Waals surface area contributed by atoms with Crippen LogP contribution in [0.3, 0.4) is 0 Å². The van der Waals surface area contributed by atoms with Crippen molar-refractivity contribution in [2.24, 2.45) is 0 Å². The predicted molar refractivity (Wildman–Crippen MR) is 66.4 cm³/mol. The lowest BCUT2D eigenvalue weighted by Crippen LogP contribution is -2.34. The summed E-state index contributed by atoms with van der Waals surface area (Å²) < 4.78 is 38.4.